The summed E-state index contributed by atoms with van der Waals surface area (Å²) < 4.78 is 5.13. The van der Waals surface area contributed by atoms with Crippen LogP contribution >= 0.6 is 11.6 Å². The molecule has 0 N–H and O–H groups in total. The monoisotopic (exact) mass is 335 g/mol. The van der Waals surface area contributed by atoms with E-state index in [2.05, 4.69) is 0 Å². The quantitative estimate of drug-likeness (QED) is 0.789. The molecule has 2 rings (SSSR count). The molecule has 0 aromatic heterocycles. The Morgan fingerprint density at radius 1 is 1.39 bits per heavy atom. The van der Waals surface area contributed by atoms with Crippen LogP contribution in [0, 0.1) is 11.8 Å². The number of carbonyl (C=O) groups is 2. The molecule has 1 fully saturated rings. The first-order chi connectivity index (χ1) is 11.0. The van der Waals surface area contributed by atoms with E-state index in [1.165, 1.54) is 10.4 Å². The SMILES string of the molecule is CC(C)C(CC=CCl)C(=O)N1C(=O)OCC1Cc1ccccc1. The molecule has 1 aromatic rings. The van der Waals surface area contributed by atoms with Crippen molar-refractivity contribution < 1.29 is 14.3 Å². The van der Waals surface area contributed by atoms with Crippen LogP contribution in [0.4, 0.5) is 4.79 Å². The Labute approximate surface area is 142 Å². The summed E-state index contributed by atoms with van der Waals surface area (Å²) >= 11 is 5.58. The first kappa shape index (κ1) is 17.5. The molecule has 23 heavy (non-hydrogen) atoms. The third-order valence-electron chi connectivity index (χ3n) is 4.11. The van der Waals surface area contributed by atoms with E-state index < -0.39 is 6.09 Å². The standard InChI is InChI=1S/C18H22ClNO3/c1-13(2)16(9-6-10-19)17(21)20-15(12-23-18(20)22)11-14-7-4-3-5-8-14/h3-8,10,13,15-16H,9,11-12H2,1-2H3. The second kappa shape index (κ2) is 8.16. The number of amides is 2. The highest BCUT2D eigenvalue weighted by atomic mass is 35.5. The van der Waals surface area contributed by atoms with Gasteiger partial charge in [-0.25, -0.2) is 9.69 Å². The predicted molar refractivity (Wildman–Crippen MR) is 90.1 cm³/mol. The highest BCUT2D eigenvalue weighted by Crippen LogP contribution is 2.25. The molecule has 1 saturated heterocycles. The van der Waals surface area contributed by atoms with Gasteiger partial charge in [-0.2, -0.15) is 0 Å². The van der Waals surface area contributed by atoms with Gasteiger partial charge in [0.05, 0.1) is 6.04 Å². The Morgan fingerprint density at radius 2 is 2.09 bits per heavy atom. The van der Waals surface area contributed by atoms with Gasteiger partial charge in [-0.1, -0.05) is 61.9 Å². The van der Waals surface area contributed by atoms with Crippen molar-refractivity contribution in [2.75, 3.05) is 6.61 Å². The third-order valence-corrected chi connectivity index (χ3v) is 4.29. The summed E-state index contributed by atoms with van der Waals surface area (Å²) in [5, 5.41) is 0. The molecule has 0 spiro atoms. The van der Waals surface area contributed by atoms with Crippen molar-refractivity contribution in [3.8, 4) is 0 Å². The van der Waals surface area contributed by atoms with Gasteiger partial charge < -0.3 is 4.74 Å². The number of hydrogen-bond acceptors (Lipinski definition) is 3. The lowest BCUT2D eigenvalue weighted by Gasteiger charge is -2.26. The van der Waals surface area contributed by atoms with E-state index in [1.54, 1.807) is 6.08 Å². The zero-order valence-electron chi connectivity index (χ0n) is 13.4. The van der Waals surface area contributed by atoms with Crippen molar-refractivity contribution in [2.24, 2.45) is 11.8 Å². The number of carbonyl (C=O) groups excluding carboxylic acids is 2. The number of halogens is 1. The lowest BCUT2D eigenvalue weighted by atomic mass is 9.90. The number of allylic oxidation sites excluding steroid dienone is 1. The number of rotatable bonds is 6. The van der Waals surface area contributed by atoms with Crippen LogP contribution in [0.1, 0.15) is 25.8 Å². The number of imide groups is 1. The maximum Gasteiger partial charge on any atom is 0.416 e. The molecule has 2 amide bonds. The van der Waals surface area contributed by atoms with E-state index >= 15 is 0 Å². The van der Waals surface area contributed by atoms with Crippen LogP contribution in [0.15, 0.2) is 41.9 Å². The maximum absolute atomic E-state index is 12.9. The number of nitrogens with zero attached hydrogens (tertiary/aromatic N) is 1. The summed E-state index contributed by atoms with van der Waals surface area (Å²) in [5.41, 5.74) is 2.49. The lowest BCUT2D eigenvalue weighted by molar-refractivity contribution is -0.134. The molecule has 4 nitrogen and oxygen atoms in total. The minimum atomic E-state index is -0.545. The van der Waals surface area contributed by atoms with Crippen molar-refractivity contribution >= 4 is 23.6 Å². The van der Waals surface area contributed by atoms with Crippen molar-refractivity contribution in [2.45, 2.75) is 32.7 Å². The number of benzene rings is 1. The molecule has 5 heteroatoms. The van der Waals surface area contributed by atoms with Crippen LogP contribution in [0.5, 0.6) is 0 Å². The van der Waals surface area contributed by atoms with Crippen LogP contribution < -0.4 is 0 Å². The fraction of sp³-hybridized carbons (Fsp3) is 0.444. The van der Waals surface area contributed by atoms with Gasteiger partial charge in [-0.3, -0.25) is 4.79 Å². The molecule has 0 bridgehead atoms. The first-order valence-corrected chi connectivity index (χ1v) is 8.27. The van der Waals surface area contributed by atoms with E-state index in [0.29, 0.717) is 12.8 Å². The van der Waals surface area contributed by atoms with Gasteiger partial charge in [0, 0.05) is 11.5 Å². The highest BCUT2D eigenvalue weighted by Gasteiger charge is 2.41. The van der Waals surface area contributed by atoms with Crippen molar-refractivity contribution in [3.63, 3.8) is 0 Å². The van der Waals surface area contributed by atoms with E-state index in [9.17, 15) is 9.59 Å². The summed E-state index contributed by atoms with van der Waals surface area (Å²) in [6.45, 7) is 4.19. The zero-order valence-corrected chi connectivity index (χ0v) is 14.2. The number of ether oxygens (including phenoxy) is 1. The molecule has 0 aliphatic carbocycles. The average Bonchev–Trinajstić information content (AvgIpc) is 2.88. The molecule has 2 unspecified atom stereocenters. The summed E-state index contributed by atoms with van der Waals surface area (Å²) in [4.78, 5) is 26.2. The molecule has 0 saturated carbocycles. The highest BCUT2D eigenvalue weighted by molar-refractivity contribution is 6.25. The zero-order chi connectivity index (χ0) is 16.8. The summed E-state index contributed by atoms with van der Waals surface area (Å²) in [6, 6.07) is 9.56. The summed E-state index contributed by atoms with van der Waals surface area (Å²) in [7, 11) is 0. The first-order valence-electron chi connectivity index (χ1n) is 7.83. The van der Waals surface area contributed by atoms with Gasteiger partial charge in [0.15, 0.2) is 0 Å². The summed E-state index contributed by atoms with van der Waals surface area (Å²) in [6.07, 6.45) is 2.32. The topological polar surface area (TPSA) is 46.6 Å². The van der Waals surface area contributed by atoms with Crippen LogP contribution in [0.2, 0.25) is 0 Å². The fourth-order valence-corrected chi connectivity index (χ4v) is 2.90. The molecular weight excluding hydrogens is 314 g/mol. The number of hydrogen-bond donors (Lipinski definition) is 0. The van der Waals surface area contributed by atoms with Crippen LogP contribution in [0.25, 0.3) is 0 Å². The Hall–Kier alpha value is -1.81. The van der Waals surface area contributed by atoms with Crippen molar-refractivity contribution in [1.29, 1.82) is 0 Å². The maximum atomic E-state index is 12.9. The minimum Gasteiger partial charge on any atom is -0.447 e. The molecule has 1 heterocycles. The van der Waals surface area contributed by atoms with Gasteiger partial charge >= 0.3 is 6.09 Å². The van der Waals surface area contributed by atoms with Gasteiger partial charge in [0.2, 0.25) is 5.91 Å². The fourth-order valence-electron chi connectivity index (χ4n) is 2.80. The van der Waals surface area contributed by atoms with E-state index in [1.807, 2.05) is 44.2 Å². The van der Waals surface area contributed by atoms with Crippen molar-refractivity contribution in [1.82, 2.24) is 4.90 Å². The largest absolute Gasteiger partial charge is 0.447 e. The van der Waals surface area contributed by atoms with Gasteiger partial charge in [0.25, 0.3) is 0 Å². The number of cyclic esters (lactones) is 1. The van der Waals surface area contributed by atoms with E-state index in [4.69, 9.17) is 16.3 Å². The molecule has 1 aliphatic heterocycles. The second-order valence-corrected chi connectivity index (χ2v) is 6.33. The molecule has 0 radical (unpaired) electrons. The van der Waals surface area contributed by atoms with Crippen molar-refractivity contribution in [3.05, 3.63) is 47.5 Å². The Kier molecular flexibility index (Phi) is 6.22. The van der Waals surface area contributed by atoms with Gasteiger partial charge in [-0.05, 0) is 24.3 Å². The second-order valence-electron chi connectivity index (χ2n) is 6.08. The van der Waals surface area contributed by atoms with Crippen LogP contribution in [-0.4, -0.2) is 29.5 Å². The molecule has 1 aromatic carbocycles. The van der Waals surface area contributed by atoms with Gasteiger partial charge in [-0.15, -0.1) is 0 Å². The minimum absolute atomic E-state index is 0.112. The molecule has 124 valence electrons. The molecular formula is C18H22ClNO3. The predicted octanol–water partition coefficient (Wildman–Crippen LogP) is 3.99. The molecule has 2 atom stereocenters. The van der Waals surface area contributed by atoms with E-state index in [-0.39, 0.29) is 30.4 Å². The average molecular weight is 336 g/mol. The molecule has 1 aliphatic rings. The van der Waals surface area contributed by atoms with Gasteiger partial charge in [0.1, 0.15) is 6.61 Å². The van der Waals surface area contributed by atoms with Crippen LogP contribution in [-0.2, 0) is 16.0 Å². The Morgan fingerprint density at radius 3 is 2.70 bits per heavy atom. The third kappa shape index (κ3) is 4.35. The Bertz CT molecular complexity index is 571. The van der Waals surface area contributed by atoms with Crippen LogP contribution in [0.3, 0.4) is 0 Å². The lowest BCUT2D eigenvalue weighted by Crippen LogP contribution is -2.44. The summed E-state index contributed by atoms with van der Waals surface area (Å²) in [5.74, 6) is -0.353. The Balaban J connectivity index is 2.15. The normalized spacial score (nSPS) is 19.4. The smallest absolute Gasteiger partial charge is 0.416 e. The van der Waals surface area contributed by atoms with E-state index in [0.717, 1.165) is 5.56 Å².